The van der Waals surface area contributed by atoms with Crippen LogP contribution in [0, 0.1) is 11.3 Å². The minimum absolute atomic E-state index is 0.0252. The van der Waals surface area contributed by atoms with Gasteiger partial charge in [-0.1, -0.05) is 36.4 Å². The Balaban J connectivity index is 1.40. The number of nitriles is 1. The van der Waals surface area contributed by atoms with Gasteiger partial charge < -0.3 is 10.1 Å². The molecule has 0 saturated carbocycles. The number of esters is 1. The summed E-state index contributed by atoms with van der Waals surface area (Å²) in [6.07, 6.45) is 6.55. The number of thiophene rings is 1. The Kier molecular flexibility index (Phi) is 7.31. The van der Waals surface area contributed by atoms with Gasteiger partial charge in [-0.05, 0) is 67.5 Å². The molecule has 170 valence electrons. The van der Waals surface area contributed by atoms with E-state index in [2.05, 4.69) is 5.32 Å². The van der Waals surface area contributed by atoms with Gasteiger partial charge in [-0.15, -0.1) is 11.3 Å². The quantitative estimate of drug-likeness (QED) is 0.166. The van der Waals surface area contributed by atoms with Crippen LogP contribution < -0.4 is 10.1 Å². The molecule has 0 saturated heterocycles. The monoisotopic (exact) mass is 470 g/mol. The smallest absolute Gasteiger partial charge is 0.343 e. The molecule has 0 radical (unpaired) electrons. The summed E-state index contributed by atoms with van der Waals surface area (Å²) in [6.45, 7) is 0. The average Bonchev–Trinajstić information content (AvgIpc) is 3.22. The van der Waals surface area contributed by atoms with Crippen molar-refractivity contribution in [3.8, 4) is 11.8 Å². The molecule has 6 nitrogen and oxygen atoms in total. The number of carbonyl (C=O) groups excluding carboxylic acids is 3. The summed E-state index contributed by atoms with van der Waals surface area (Å²) in [5.74, 6) is -0.567. The topological polar surface area (TPSA) is 96.3 Å². The van der Waals surface area contributed by atoms with Crippen molar-refractivity contribution in [2.45, 2.75) is 32.1 Å². The van der Waals surface area contributed by atoms with E-state index in [1.807, 2.05) is 12.1 Å². The number of aryl methyl sites for hydroxylation is 1. The summed E-state index contributed by atoms with van der Waals surface area (Å²) in [6, 6.07) is 17.5. The lowest BCUT2D eigenvalue weighted by Gasteiger charge is -2.10. The van der Waals surface area contributed by atoms with Gasteiger partial charge in [0.2, 0.25) is 0 Å². The third-order valence-electron chi connectivity index (χ3n) is 5.61. The largest absolute Gasteiger partial charge is 0.423 e. The molecule has 3 aromatic rings. The van der Waals surface area contributed by atoms with Crippen LogP contribution in [0.15, 0.2) is 66.2 Å². The van der Waals surface area contributed by atoms with E-state index >= 15 is 0 Å². The highest BCUT2D eigenvalue weighted by Crippen LogP contribution is 2.37. The first-order chi connectivity index (χ1) is 16.6. The van der Waals surface area contributed by atoms with Gasteiger partial charge in [-0.3, -0.25) is 9.59 Å². The number of aldehydes is 1. The van der Waals surface area contributed by atoms with E-state index in [0.717, 1.165) is 48.0 Å². The van der Waals surface area contributed by atoms with E-state index in [4.69, 9.17) is 4.74 Å². The molecule has 2 aromatic carbocycles. The maximum Gasteiger partial charge on any atom is 0.343 e. The molecule has 0 unspecified atom stereocenters. The number of amides is 1. The highest BCUT2D eigenvalue weighted by molar-refractivity contribution is 7.17. The zero-order valence-electron chi connectivity index (χ0n) is 18.4. The van der Waals surface area contributed by atoms with Crippen LogP contribution in [-0.2, 0) is 24.1 Å². The summed E-state index contributed by atoms with van der Waals surface area (Å²) in [4.78, 5) is 37.6. The molecule has 0 atom stereocenters. The minimum atomic E-state index is -0.530. The molecule has 1 aliphatic rings. The van der Waals surface area contributed by atoms with Gasteiger partial charge in [0.1, 0.15) is 22.4 Å². The third-order valence-corrected chi connectivity index (χ3v) is 6.83. The molecule has 34 heavy (non-hydrogen) atoms. The van der Waals surface area contributed by atoms with Crippen molar-refractivity contribution in [2.24, 2.45) is 0 Å². The van der Waals surface area contributed by atoms with E-state index in [1.54, 1.807) is 54.6 Å². The average molecular weight is 471 g/mol. The Morgan fingerprint density at radius 1 is 1.06 bits per heavy atom. The first kappa shape index (κ1) is 23.1. The fourth-order valence-corrected chi connectivity index (χ4v) is 5.07. The molecule has 1 N–H and O–H groups in total. The second kappa shape index (κ2) is 10.7. The fourth-order valence-electron chi connectivity index (χ4n) is 3.82. The zero-order valence-corrected chi connectivity index (χ0v) is 19.2. The summed E-state index contributed by atoms with van der Waals surface area (Å²) in [5, 5.41) is 12.8. The van der Waals surface area contributed by atoms with Crippen LogP contribution in [0.4, 0.5) is 5.00 Å². The van der Waals surface area contributed by atoms with Crippen LogP contribution in [0.2, 0.25) is 0 Å². The van der Waals surface area contributed by atoms with E-state index in [1.165, 1.54) is 11.3 Å². The van der Waals surface area contributed by atoms with E-state index in [-0.39, 0.29) is 5.57 Å². The van der Waals surface area contributed by atoms with Crippen molar-refractivity contribution in [1.29, 1.82) is 5.26 Å². The lowest BCUT2D eigenvalue weighted by Crippen LogP contribution is -2.14. The first-order valence-corrected chi connectivity index (χ1v) is 11.8. The number of fused-ring (bicyclic) bond motifs is 1. The van der Waals surface area contributed by atoms with Gasteiger partial charge >= 0.3 is 5.97 Å². The maximum atomic E-state index is 12.7. The van der Waals surface area contributed by atoms with Crippen LogP contribution >= 0.6 is 11.3 Å². The molecule has 1 heterocycles. The minimum Gasteiger partial charge on any atom is -0.423 e. The number of nitrogens with zero attached hydrogens (tertiary/aromatic N) is 1. The predicted molar refractivity (Wildman–Crippen MR) is 130 cm³/mol. The number of benzene rings is 2. The Labute approximate surface area is 201 Å². The Morgan fingerprint density at radius 3 is 2.50 bits per heavy atom. The van der Waals surface area contributed by atoms with Crippen molar-refractivity contribution in [1.82, 2.24) is 0 Å². The first-order valence-electron chi connectivity index (χ1n) is 11.0. The van der Waals surface area contributed by atoms with Gasteiger partial charge in [0, 0.05) is 4.88 Å². The number of allylic oxidation sites excluding steroid dienone is 1. The second-order valence-electron chi connectivity index (χ2n) is 7.86. The molecular formula is C27H22N2O4S. The SMILES string of the molecule is N#C/C(=C\Cc1ccc(OC(=O)c2ccccc2)cc1)C(=O)Nc1sc2c(c1C=O)CCCC2. The van der Waals surface area contributed by atoms with Gasteiger partial charge in [-0.25, -0.2) is 4.79 Å². The van der Waals surface area contributed by atoms with Crippen molar-refractivity contribution >= 4 is 34.5 Å². The Morgan fingerprint density at radius 2 is 1.79 bits per heavy atom. The number of ether oxygens (including phenoxy) is 1. The number of rotatable bonds is 7. The van der Waals surface area contributed by atoms with Crippen molar-refractivity contribution in [3.05, 3.63) is 93.4 Å². The Hall–Kier alpha value is -4.02. The molecule has 0 aliphatic heterocycles. The van der Waals surface area contributed by atoms with Crippen LogP contribution in [0.5, 0.6) is 5.75 Å². The van der Waals surface area contributed by atoms with Crippen LogP contribution in [-0.4, -0.2) is 18.2 Å². The molecule has 1 aliphatic carbocycles. The molecule has 0 spiro atoms. The van der Waals surface area contributed by atoms with Gasteiger partial charge in [-0.2, -0.15) is 5.26 Å². The van der Waals surface area contributed by atoms with Crippen molar-refractivity contribution < 1.29 is 19.1 Å². The summed E-state index contributed by atoms with van der Waals surface area (Å²) < 4.78 is 5.36. The molecule has 1 aromatic heterocycles. The molecule has 0 bridgehead atoms. The predicted octanol–water partition coefficient (Wildman–Crippen LogP) is 5.29. The van der Waals surface area contributed by atoms with E-state index in [0.29, 0.717) is 28.3 Å². The number of hydrogen-bond acceptors (Lipinski definition) is 6. The highest BCUT2D eigenvalue weighted by atomic mass is 32.1. The highest BCUT2D eigenvalue weighted by Gasteiger charge is 2.22. The van der Waals surface area contributed by atoms with Crippen LogP contribution in [0.3, 0.4) is 0 Å². The normalized spacial score (nSPS) is 12.9. The third kappa shape index (κ3) is 5.30. The number of hydrogen-bond donors (Lipinski definition) is 1. The number of anilines is 1. The lowest BCUT2D eigenvalue weighted by atomic mass is 9.96. The van der Waals surface area contributed by atoms with Crippen LogP contribution in [0.25, 0.3) is 0 Å². The van der Waals surface area contributed by atoms with Gasteiger partial charge in [0.15, 0.2) is 6.29 Å². The standard InChI is InChI=1S/C27H22N2O4S/c28-16-20(25(31)29-26-23(17-30)22-8-4-5-9-24(22)34-26)13-10-18-11-14-21(15-12-18)33-27(32)19-6-2-1-3-7-19/h1-3,6-7,11-15,17H,4-5,8-10H2,(H,29,31)/b20-13+. The molecular weight excluding hydrogens is 448 g/mol. The Bertz CT molecular complexity index is 1280. The van der Waals surface area contributed by atoms with Crippen LogP contribution in [0.1, 0.15) is 49.6 Å². The fraction of sp³-hybridized carbons (Fsp3) is 0.185. The second-order valence-corrected chi connectivity index (χ2v) is 8.96. The lowest BCUT2D eigenvalue weighted by molar-refractivity contribution is -0.112. The van der Waals surface area contributed by atoms with E-state index in [9.17, 15) is 19.6 Å². The van der Waals surface area contributed by atoms with Crippen molar-refractivity contribution in [3.63, 3.8) is 0 Å². The van der Waals surface area contributed by atoms with Gasteiger partial charge in [0.05, 0.1) is 11.1 Å². The molecule has 4 rings (SSSR count). The number of carbonyl (C=O) groups is 3. The van der Waals surface area contributed by atoms with Crippen molar-refractivity contribution in [2.75, 3.05) is 5.32 Å². The summed E-state index contributed by atoms with van der Waals surface area (Å²) >= 11 is 1.42. The summed E-state index contributed by atoms with van der Waals surface area (Å²) in [7, 11) is 0. The summed E-state index contributed by atoms with van der Waals surface area (Å²) in [5.41, 5.74) is 2.84. The molecule has 0 fully saturated rings. The number of nitrogens with one attached hydrogen (secondary N) is 1. The van der Waals surface area contributed by atoms with E-state index < -0.39 is 11.9 Å². The molecule has 1 amide bonds. The molecule has 7 heteroatoms. The zero-order chi connectivity index (χ0) is 23.9. The maximum absolute atomic E-state index is 12.7. The van der Waals surface area contributed by atoms with Gasteiger partial charge in [0.25, 0.3) is 5.91 Å².